The number of nitrogens with one attached hydrogen (secondary N) is 1. The molecule has 2 unspecified atom stereocenters. The number of hydrogen-bond donors (Lipinski definition) is 1. The number of nitrogens with zero attached hydrogens (tertiary/aromatic N) is 1. The zero-order chi connectivity index (χ0) is 9.38. The van der Waals surface area contributed by atoms with Crippen LogP contribution in [0.15, 0.2) is 0 Å². The minimum absolute atomic E-state index is 0.821. The summed E-state index contributed by atoms with van der Waals surface area (Å²) in [6.07, 6.45) is 5.73. The number of fused-ring (bicyclic) bond motifs is 1. The Balaban J connectivity index is 1.57. The Bertz CT molecular complexity index is 205. The molecule has 3 heteroatoms. The van der Waals surface area contributed by atoms with Crippen LogP contribution in [0.25, 0.3) is 0 Å². The first-order valence-corrected chi connectivity index (χ1v) is 7.17. The summed E-state index contributed by atoms with van der Waals surface area (Å²) in [5, 5.41) is 3.85. The Morgan fingerprint density at radius 3 is 2.79 bits per heavy atom. The summed E-state index contributed by atoms with van der Waals surface area (Å²) in [6, 6.07) is 2.54. The summed E-state index contributed by atoms with van der Waals surface area (Å²) < 4.78 is 0. The first-order valence-electron chi connectivity index (χ1n) is 6.01. The van der Waals surface area contributed by atoms with Gasteiger partial charge in [-0.05, 0) is 25.8 Å². The lowest BCUT2D eigenvalue weighted by Gasteiger charge is -2.36. The van der Waals surface area contributed by atoms with Gasteiger partial charge < -0.3 is 5.32 Å². The largest absolute Gasteiger partial charge is 0.308 e. The second-order valence-electron chi connectivity index (χ2n) is 4.90. The summed E-state index contributed by atoms with van der Waals surface area (Å²) in [4.78, 5) is 2.72. The van der Waals surface area contributed by atoms with Gasteiger partial charge >= 0.3 is 0 Å². The first-order chi connectivity index (χ1) is 6.93. The third-order valence-corrected chi connectivity index (χ3v) is 5.22. The fourth-order valence-electron chi connectivity index (χ4n) is 3.08. The number of hydrogen-bond acceptors (Lipinski definition) is 3. The van der Waals surface area contributed by atoms with Crippen LogP contribution in [0.5, 0.6) is 0 Å². The van der Waals surface area contributed by atoms with Gasteiger partial charge in [-0.25, -0.2) is 0 Å². The zero-order valence-electron chi connectivity index (χ0n) is 8.74. The van der Waals surface area contributed by atoms with Crippen LogP contribution in [-0.4, -0.2) is 47.6 Å². The van der Waals surface area contributed by atoms with Crippen molar-refractivity contribution in [2.24, 2.45) is 0 Å². The van der Waals surface area contributed by atoms with E-state index >= 15 is 0 Å². The predicted octanol–water partition coefficient (Wildman–Crippen LogP) is 1.32. The van der Waals surface area contributed by atoms with E-state index in [0.29, 0.717) is 0 Å². The van der Waals surface area contributed by atoms with Gasteiger partial charge in [0, 0.05) is 36.2 Å². The predicted molar refractivity (Wildman–Crippen MR) is 61.9 cm³/mol. The molecule has 0 spiro atoms. The SMILES string of the molecule is C1CCN2CCC(NC3CSC3)C2C1. The molecule has 2 nitrogen and oxygen atoms in total. The maximum atomic E-state index is 3.85. The smallest absolute Gasteiger partial charge is 0.0252 e. The minimum Gasteiger partial charge on any atom is -0.308 e. The van der Waals surface area contributed by atoms with Gasteiger partial charge in [0.2, 0.25) is 0 Å². The van der Waals surface area contributed by atoms with E-state index in [1.165, 1.54) is 50.3 Å². The van der Waals surface area contributed by atoms with E-state index in [9.17, 15) is 0 Å². The third-order valence-electron chi connectivity index (χ3n) is 3.94. The molecule has 1 N–H and O–H groups in total. The molecule has 3 fully saturated rings. The highest BCUT2D eigenvalue weighted by Crippen LogP contribution is 2.29. The van der Waals surface area contributed by atoms with E-state index in [0.717, 1.165) is 18.1 Å². The van der Waals surface area contributed by atoms with Gasteiger partial charge in [-0.1, -0.05) is 6.42 Å². The molecule has 3 aliphatic heterocycles. The van der Waals surface area contributed by atoms with E-state index < -0.39 is 0 Å². The highest BCUT2D eigenvalue weighted by molar-refractivity contribution is 8.00. The quantitative estimate of drug-likeness (QED) is 0.743. The van der Waals surface area contributed by atoms with Crippen LogP contribution in [0.1, 0.15) is 25.7 Å². The van der Waals surface area contributed by atoms with Gasteiger partial charge in [-0.2, -0.15) is 11.8 Å². The van der Waals surface area contributed by atoms with E-state index in [1.807, 2.05) is 0 Å². The van der Waals surface area contributed by atoms with Gasteiger partial charge in [0.15, 0.2) is 0 Å². The lowest BCUT2D eigenvalue weighted by Crippen LogP contribution is -2.52. The Labute approximate surface area is 90.8 Å². The average molecular weight is 212 g/mol. The standard InChI is InChI=1S/C11H20N2S/c1-2-5-13-6-4-10(11(13)3-1)12-9-7-14-8-9/h9-12H,1-8H2. The molecule has 0 amide bonds. The zero-order valence-corrected chi connectivity index (χ0v) is 9.56. The highest BCUT2D eigenvalue weighted by Gasteiger charge is 2.36. The molecular weight excluding hydrogens is 192 g/mol. The Hall–Kier alpha value is 0.270. The van der Waals surface area contributed by atoms with Crippen molar-refractivity contribution in [3.63, 3.8) is 0 Å². The van der Waals surface area contributed by atoms with E-state index in [1.54, 1.807) is 0 Å². The number of rotatable bonds is 2. The Morgan fingerprint density at radius 2 is 2.00 bits per heavy atom. The van der Waals surface area contributed by atoms with Crippen LogP contribution >= 0.6 is 11.8 Å². The van der Waals surface area contributed by atoms with Gasteiger partial charge in [-0.15, -0.1) is 0 Å². The van der Waals surface area contributed by atoms with Crippen molar-refractivity contribution in [1.82, 2.24) is 10.2 Å². The molecule has 0 aliphatic carbocycles. The Kier molecular flexibility index (Phi) is 2.73. The van der Waals surface area contributed by atoms with Crippen molar-refractivity contribution in [2.45, 2.75) is 43.8 Å². The molecule has 3 aliphatic rings. The highest BCUT2D eigenvalue weighted by atomic mass is 32.2. The minimum atomic E-state index is 0.821. The molecule has 0 aromatic rings. The molecule has 0 bridgehead atoms. The van der Waals surface area contributed by atoms with Crippen molar-refractivity contribution in [3.8, 4) is 0 Å². The molecule has 2 atom stereocenters. The maximum Gasteiger partial charge on any atom is 0.0252 e. The molecule has 0 aromatic heterocycles. The average Bonchev–Trinajstić information content (AvgIpc) is 2.55. The lowest BCUT2D eigenvalue weighted by molar-refractivity contribution is 0.178. The van der Waals surface area contributed by atoms with Crippen LogP contribution in [0.3, 0.4) is 0 Å². The maximum absolute atomic E-state index is 3.85. The summed E-state index contributed by atoms with van der Waals surface area (Å²) in [6.45, 7) is 2.71. The summed E-state index contributed by atoms with van der Waals surface area (Å²) in [7, 11) is 0. The van der Waals surface area contributed by atoms with E-state index in [-0.39, 0.29) is 0 Å². The molecule has 3 heterocycles. The molecule has 0 saturated carbocycles. The lowest BCUT2D eigenvalue weighted by atomic mass is 9.98. The van der Waals surface area contributed by atoms with Crippen molar-refractivity contribution >= 4 is 11.8 Å². The third kappa shape index (κ3) is 1.70. The van der Waals surface area contributed by atoms with Crippen LogP contribution in [0, 0.1) is 0 Å². The summed E-state index contributed by atoms with van der Waals surface area (Å²) >= 11 is 2.08. The monoisotopic (exact) mass is 212 g/mol. The van der Waals surface area contributed by atoms with Gasteiger partial charge in [0.05, 0.1) is 0 Å². The van der Waals surface area contributed by atoms with E-state index in [2.05, 4.69) is 22.0 Å². The van der Waals surface area contributed by atoms with Crippen molar-refractivity contribution < 1.29 is 0 Å². The normalized spacial score (nSPS) is 39.4. The van der Waals surface area contributed by atoms with Gasteiger partial charge in [0.25, 0.3) is 0 Å². The molecule has 80 valence electrons. The number of thioether (sulfide) groups is 1. The number of piperidine rings is 1. The van der Waals surface area contributed by atoms with Crippen molar-refractivity contribution in [1.29, 1.82) is 0 Å². The summed E-state index contributed by atoms with van der Waals surface area (Å²) in [5.41, 5.74) is 0. The fourth-order valence-corrected chi connectivity index (χ4v) is 3.74. The molecular formula is C11H20N2S. The first kappa shape index (κ1) is 9.49. The van der Waals surface area contributed by atoms with Crippen molar-refractivity contribution in [2.75, 3.05) is 24.6 Å². The van der Waals surface area contributed by atoms with Crippen LogP contribution in [0.4, 0.5) is 0 Å². The molecule has 3 saturated heterocycles. The molecule has 14 heavy (non-hydrogen) atoms. The van der Waals surface area contributed by atoms with Crippen LogP contribution in [-0.2, 0) is 0 Å². The van der Waals surface area contributed by atoms with Crippen molar-refractivity contribution in [3.05, 3.63) is 0 Å². The van der Waals surface area contributed by atoms with E-state index in [4.69, 9.17) is 0 Å². The van der Waals surface area contributed by atoms with Crippen LogP contribution < -0.4 is 5.32 Å². The second kappa shape index (κ2) is 4.03. The van der Waals surface area contributed by atoms with Gasteiger partial charge in [0.1, 0.15) is 0 Å². The molecule has 0 radical (unpaired) electrons. The van der Waals surface area contributed by atoms with Gasteiger partial charge in [-0.3, -0.25) is 4.90 Å². The Morgan fingerprint density at radius 1 is 1.07 bits per heavy atom. The van der Waals surface area contributed by atoms with Crippen LogP contribution in [0.2, 0.25) is 0 Å². The topological polar surface area (TPSA) is 15.3 Å². The molecule has 0 aromatic carbocycles. The molecule has 3 rings (SSSR count). The second-order valence-corrected chi connectivity index (χ2v) is 5.97. The summed E-state index contributed by atoms with van der Waals surface area (Å²) in [5.74, 6) is 2.70. The fraction of sp³-hybridized carbons (Fsp3) is 1.00.